The summed E-state index contributed by atoms with van der Waals surface area (Å²) >= 11 is 0. The van der Waals surface area contributed by atoms with Crippen LogP contribution in [-0.2, 0) is 24.2 Å². The van der Waals surface area contributed by atoms with Gasteiger partial charge in [-0.15, -0.1) is 0 Å². The number of benzene rings is 1. The van der Waals surface area contributed by atoms with Gasteiger partial charge < -0.3 is 9.64 Å². The molecule has 1 amide bonds. The van der Waals surface area contributed by atoms with Gasteiger partial charge in [-0.1, -0.05) is 0 Å². The molecule has 154 valence electrons. The van der Waals surface area contributed by atoms with Crippen molar-refractivity contribution in [1.82, 2.24) is 14.7 Å². The molecule has 0 atom stereocenters. The summed E-state index contributed by atoms with van der Waals surface area (Å²) in [5.74, 6) is 0.409. The van der Waals surface area contributed by atoms with Crippen LogP contribution in [0.4, 0.5) is 4.39 Å². The predicted molar refractivity (Wildman–Crippen MR) is 106 cm³/mol. The van der Waals surface area contributed by atoms with Crippen molar-refractivity contribution in [1.29, 1.82) is 0 Å². The molecule has 2 aromatic rings. The van der Waals surface area contributed by atoms with Gasteiger partial charge in [-0.3, -0.25) is 9.59 Å². The van der Waals surface area contributed by atoms with Crippen LogP contribution in [0.3, 0.4) is 0 Å². The maximum atomic E-state index is 12.9. The van der Waals surface area contributed by atoms with E-state index in [4.69, 9.17) is 4.74 Å². The molecular formula is C22H26FN3O3. The maximum absolute atomic E-state index is 12.9. The van der Waals surface area contributed by atoms with E-state index in [9.17, 15) is 14.0 Å². The normalized spacial score (nSPS) is 17.1. The highest BCUT2D eigenvalue weighted by Gasteiger charge is 2.24. The van der Waals surface area contributed by atoms with Gasteiger partial charge in [0.25, 0.3) is 11.5 Å². The van der Waals surface area contributed by atoms with Crippen molar-refractivity contribution in [2.24, 2.45) is 5.92 Å². The lowest BCUT2D eigenvalue weighted by Crippen LogP contribution is -2.42. The zero-order valence-corrected chi connectivity index (χ0v) is 16.5. The van der Waals surface area contributed by atoms with Crippen molar-refractivity contribution >= 4 is 5.91 Å². The molecule has 1 aliphatic heterocycles. The van der Waals surface area contributed by atoms with E-state index in [1.807, 2.05) is 0 Å². The molecule has 1 aromatic carbocycles. The predicted octanol–water partition coefficient (Wildman–Crippen LogP) is 2.58. The van der Waals surface area contributed by atoms with Gasteiger partial charge in [-0.05, 0) is 74.3 Å². The Hall–Kier alpha value is -2.70. The summed E-state index contributed by atoms with van der Waals surface area (Å²) in [4.78, 5) is 26.5. The Morgan fingerprint density at radius 3 is 2.62 bits per heavy atom. The van der Waals surface area contributed by atoms with Crippen molar-refractivity contribution in [3.05, 3.63) is 57.8 Å². The third-order valence-corrected chi connectivity index (χ3v) is 5.85. The molecule has 1 aromatic heterocycles. The summed E-state index contributed by atoms with van der Waals surface area (Å²) in [6, 6.07) is 7.40. The van der Waals surface area contributed by atoms with Gasteiger partial charge >= 0.3 is 0 Å². The second-order valence-electron chi connectivity index (χ2n) is 7.91. The van der Waals surface area contributed by atoms with Crippen molar-refractivity contribution in [3.8, 4) is 5.75 Å². The van der Waals surface area contributed by atoms with E-state index in [-0.39, 0.29) is 23.9 Å². The van der Waals surface area contributed by atoms with Crippen LogP contribution in [0, 0.1) is 11.7 Å². The lowest BCUT2D eigenvalue weighted by atomic mass is 9.96. The number of likely N-dealkylation sites (tertiary alicyclic amines) is 1. The largest absolute Gasteiger partial charge is 0.484 e. The Bertz CT molecular complexity index is 918. The van der Waals surface area contributed by atoms with Crippen LogP contribution in [-0.4, -0.2) is 40.3 Å². The fourth-order valence-electron chi connectivity index (χ4n) is 4.11. The van der Waals surface area contributed by atoms with Crippen molar-refractivity contribution < 1.29 is 13.9 Å². The average molecular weight is 399 g/mol. The topological polar surface area (TPSA) is 64.4 Å². The Kier molecular flexibility index (Phi) is 5.92. The molecule has 6 nitrogen and oxygen atoms in total. The number of piperidine rings is 1. The highest BCUT2D eigenvalue weighted by atomic mass is 19.1. The third kappa shape index (κ3) is 4.83. The molecule has 2 aliphatic rings. The molecule has 7 heteroatoms. The quantitative estimate of drug-likeness (QED) is 0.775. The van der Waals surface area contributed by atoms with Crippen LogP contribution in [0.2, 0.25) is 0 Å². The minimum Gasteiger partial charge on any atom is -0.484 e. The zero-order chi connectivity index (χ0) is 20.2. The first-order valence-electron chi connectivity index (χ1n) is 10.3. The molecule has 1 saturated heterocycles. The van der Waals surface area contributed by atoms with Crippen LogP contribution < -0.4 is 10.3 Å². The molecule has 4 rings (SSSR count). The molecule has 29 heavy (non-hydrogen) atoms. The lowest BCUT2D eigenvalue weighted by molar-refractivity contribution is -0.134. The summed E-state index contributed by atoms with van der Waals surface area (Å²) in [6.07, 6.45) is 5.87. The maximum Gasteiger partial charge on any atom is 0.267 e. The summed E-state index contributed by atoms with van der Waals surface area (Å²) in [5.41, 5.74) is 2.16. The van der Waals surface area contributed by atoms with Gasteiger partial charge in [0.1, 0.15) is 11.6 Å². The number of hydrogen-bond acceptors (Lipinski definition) is 4. The van der Waals surface area contributed by atoms with Gasteiger partial charge in [-0.25, -0.2) is 9.07 Å². The minimum atomic E-state index is -0.335. The van der Waals surface area contributed by atoms with Gasteiger partial charge in [0.15, 0.2) is 6.61 Å². The second-order valence-corrected chi connectivity index (χ2v) is 7.91. The number of hydrogen-bond donors (Lipinski definition) is 0. The van der Waals surface area contributed by atoms with Crippen molar-refractivity contribution in [3.63, 3.8) is 0 Å². The molecule has 0 radical (unpaired) electrons. The van der Waals surface area contributed by atoms with Crippen molar-refractivity contribution in [2.75, 3.05) is 19.7 Å². The van der Waals surface area contributed by atoms with Gasteiger partial charge in [0.2, 0.25) is 0 Å². The number of aryl methyl sites for hydroxylation is 2. The van der Waals surface area contributed by atoms with E-state index < -0.39 is 0 Å². The number of fused-ring (bicyclic) bond motifs is 1. The smallest absolute Gasteiger partial charge is 0.267 e. The third-order valence-electron chi connectivity index (χ3n) is 5.85. The van der Waals surface area contributed by atoms with E-state index in [1.165, 1.54) is 24.3 Å². The number of halogens is 1. The fourth-order valence-corrected chi connectivity index (χ4v) is 4.11. The monoisotopic (exact) mass is 399 g/mol. The number of aromatic nitrogens is 2. The van der Waals surface area contributed by atoms with Crippen LogP contribution >= 0.6 is 0 Å². The highest BCUT2D eigenvalue weighted by molar-refractivity contribution is 5.77. The lowest BCUT2D eigenvalue weighted by Gasteiger charge is -2.32. The SMILES string of the molecule is O=C(COc1ccc(F)cc1)N1CCC(Cn2nc3c(cc2=O)CCCC3)CC1. The molecular weight excluding hydrogens is 373 g/mol. The number of carbonyl (C=O) groups excluding carboxylic acids is 1. The van der Waals surface area contributed by atoms with Crippen LogP contribution in [0.1, 0.15) is 36.9 Å². The van der Waals surface area contributed by atoms with Gasteiger partial charge in [0.05, 0.1) is 5.69 Å². The first kappa shape index (κ1) is 19.6. The number of amides is 1. The Morgan fingerprint density at radius 2 is 1.86 bits per heavy atom. The molecule has 2 heterocycles. The zero-order valence-electron chi connectivity index (χ0n) is 16.5. The van der Waals surface area contributed by atoms with Crippen LogP contribution in [0.15, 0.2) is 35.1 Å². The minimum absolute atomic E-state index is 0.0168. The summed E-state index contributed by atoms with van der Waals surface area (Å²) in [7, 11) is 0. The number of rotatable bonds is 5. The first-order chi connectivity index (χ1) is 14.1. The first-order valence-corrected chi connectivity index (χ1v) is 10.3. The van der Waals surface area contributed by atoms with E-state index in [0.29, 0.717) is 31.3 Å². The molecule has 0 spiro atoms. The number of nitrogens with zero attached hydrogens (tertiary/aromatic N) is 3. The van der Waals surface area contributed by atoms with Crippen LogP contribution in [0.5, 0.6) is 5.75 Å². The van der Waals surface area contributed by atoms with E-state index in [2.05, 4.69) is 5.10 Å². The number of carbonyl (C=O) groups is 1. The molecule has 1 fully saturated rings. The Labute approximate surface area is 169 Å². The van der Waals surface area contributed by atoms with Gasteiger partial charge in [-0.2, -0.15) is 5.10 Å². The molecule has 0 bridgehead atoms. The second kappa shape index (κ2) is 8.76. The van der Waals surface area contributed by atoms with E-state index >= 15 is 0 Å². The van der Waals surface area contributed by atoms with Crippen LogP contribution in [0.25, 0.3) is 0 Å². The highest BCUT2D eigenvalue weighted by Crippen LogP contribution is 2.21. The molecule has 0 unspecified atom stereocenters. The Balaban J connectivity index is 1.27. The van der Waals surface area contributed by atoms with Crippen molar-refractivity contribution in [2.45, 2.75) is 45.1 Å². The van der Waals surface area contributed by atoms with E-state index in [1.54, 1.807) is 15.6 Å². The van der Waals surface area contributed by atoms with E-state index in [0.717, 1.165) is 49.8 Å². The molecule has 0 saturated carbocycles. The standard InChI is InChI=1S/C22H26FN3O3/c23-18-5-7-19(8-6-18)29-15-22(28)25-11-9-16(10-12-25)14-26-21(27)13-17-3-1-2-4-20(17)24-26/h5-8,13,16H,1-4,9-12,14-15H2. The summed E-state index contributed by atoms with van der Waals surface area (Å²) in [6.45, 7) is 1.86. The summed E-state index contributed by atoms with van der Waals surface area (Å²) < 4.78 is 20.0. The number of ether oxygens (including phenoxy) is 1. The molecule has 1 aliphatic carbocycles. The molecule has 0 N–H and O–H groups in total. The average Bonchev–Trinajstić information content (AvgIpc) is 2.74. The summed E-state index contributed by atoms with van der Waals surface area (Å²) in [5, 5.41) is 4.61. The fraction of sp³-hybridized carbons (Fsp3) is 0.500. The van der Waals surface area contributed by atoms with Gasteiger partial charge in [0, 0.05) is 25.7 Å². The Morgan fingerprint density at radius 1 is 1.14 bits per heavy atom.